The van der Waals surface area contributed by atoms with E-state index in [2.05, 4.69) is 22.6 Å². The standard InChI is InChI=1S/C23H21N3O2S/c1-15-20(16(2)28-26-15)11-12-22(27)24-19-10-6-9-18(13-19)21-14-29-23(25-21)17-7-4-3-5-8-17/h3-10,13-14H,11-12H2,1-2H3,(H,24,27). The number of carbonyl (C=O) groups is 1. The number of benzene rings is 2. The van der Waals surface area contributed by atoms with Crippen LogP contribution >= 0.6 is 11.3 Å². The lowest BCUT2D eigenvalue weighted by molar-refractivity contribution is -0.116. The van der Waals surface area contributed by atoms with Crippen molar-refractivity contribution in [3.63, 3.8) is 0 Å². The summed E-state index contributed by atoms with van der Waals surface area (Å²) in [6.45, 7) is 3.76. The lowest BCUT2D eigenvalue weighted by Crippen LogP contribution is -2.12. The Morgan fingerprint density at radius 2 is 1.86 bits per heavy atom. The van der Waals surface area contributed by atoms with Crippen LogP contribution < -0.4 is 5.32 Å². The largest absolute Gasteiger partial charge is 0.361 e. The number of rotatable bonds is 6. The van der Waals surface area contributed by atoms with Crippen LogP contribution in [0.2, 0.25) is 0 Å². The van der Waals surface area contributed by atoms with Crippen molar-refractivity contribution in [1.29, 1.82) is 0 Å². The van der Waals surface area contributed by atoms with Crippen LogP contribution in [0.5, 0.6) is 0 Å². The second-order valence-corrected chi connectivity index (χ2v) is 7.69. The van der Waals surface area contributed by atoms with E-state index >= 15 is 0 Å². The average molecular weight is 404 g/mol. The maximum absolute atomic E-state index is 12.4. The molecule has 0 fully saturated rings. The first kappa shape index (κ1) is 19.1. The highest BCUT2D eigenvalue weighted by molar-refractivity contribution is 7.13. The number of nitrogens with zero attached hydrogens (tertiary/aromatic N) is 2. The molecule has 0 aliphatic heterocycles. The maximum Gasteiger partial charge on any atom is 0.224 e. The first-order valence-electron chi connectivity index (χ1n) is 9.43. The minimum atomic E-state index is -0.0367. The van der Waals surface area contributed by atoms with Gasteiger partial charge in [0.15, 0.2) is 0 Å². The summed E-state index contributed by atoms with van der Waals surface area (Å²) in [6, 6.07) is 17.9. The molecule has 2 aromatic carbocycles. The predicted molar refractivity (Wildman–Crippen MR) is 116 cm³/mol. The van der Waals surface area contributed by atoms with E-state index in [4.69, 9.17) is 9.51 Å². The highest BCUT2D eigenvalue weighted by Crippen LogP contribution is 2.29. The molecule has 0 saturated heterocycles. The molecule has 0 atom stereocenters. The van der Waals surface area contributed by atoms with Gasteiger partial charge >= 0.3 is 0 Å². The lowest BCUT2D eigenvalue weighted by atomic mass is 10.1. The molecule has 0 radical (unpaired) electrons. The fraction of sp³-hybridized carbons (Fsp3) is 0.174. The van der Waals surface area contributed by atoms with Gasteiger partial charge < -0.3 is 9.84 Å². The molecule has 0 spiro atoms. The monoisotopic (exact) mass is 403 g/mol. The summed E-state index contributed by atoms with van der Waals surface area (Å²) in [5.74, 6) is 0.737. The Kier molecular flexibility index (Phi) is 5.53. The van der Waals surface area contributed by atoms with Gasteiger partial charge in [0.2, 0.25) is 5.91 Å². The number of amides is 1. The van der Waals surface area contributed by atoms with E-state index in [0.717, 1.165) is 44.5 Å². The molecule has 6 heteroatoms. The SMILES string of the molecule is Cc1noc(C)c1CCC(=O)Nc1cccc(-c2csc(-c3ccccc3)n2)c1. The highest BCUT2D eigenvalue weighted by Gasteiger charge is 2.12. The molecule has 29 heavy (non-hydrogen) atoms. The van der Waals surface area contributed by atoms with Crippen molar-refractivity contribution in [3.8, 4) is 21.8 Å². The van der Waals surface area contributed by atoms with Crippen molar-refractivity contribution in [1.82, 2.24) is 10.1 Å². The van der Waals surface area contributed by atoms with E-state index < -0.39 is 0 Å². The molecule has 0 aliphatic rings. The molecule has 2 aromatic heterocycles. The zero-order chi connectivity index (χ0) is 20.2. The Hall–Kier alpha value is -3.25. The van der Waals surface area contributed by atoms with E-state index in [-0.39, 0.29) is 5.91 Å². The Morgan fingerprint density at radius 3 is 2.62 bits per heavy atom. The van der Waals surface area contributed by atoms with Crippen LogP contribution in [-0.2, 0) is 11.2 Å². The number of hydrogen-bond acceptors (Lipinski definition) is 5. The zero-order valence-corrected chi connectivity index (χ0v) is 17.1. The Bertz CT molecular complexity index is 1110. The van der Waals surface area contributed by atoms with Crippen LogP contribution in [0.25, 0.3) is 21.8 Å². The third kappa shape index (κ3) is 4.43. The molecular weight excluding hydrogens is 382 g/mol. The van der Waals surface area contributed by atoms with Crippen LogP contribution in [-0.4, -0.2) is 16.0 Å². The van der Waals surface area contributed by atoms with E-state index in [0.29, 0.717) is 12.8 Å². The van der Waals surface area contributed by atoms with Crippen LogP contribution in [0.15, 0.2) is 64.5 Å². The smallest absolute Gasteiger partial charge is 0.224 e. The molecule has 4 rings (SSSR count). The van der Waals surface area contributed by atoms with Gasteiger partial charge in [-0.1, -0.05) is 47.6 Å². The molecule has 4 aromatic rings. The molecule has 5 nitrogen and oxygen atoms in total. The minimum absolute atomic E-state index is 0.0367. The van der Waals surface area contributed by atoms with Gasteiger partial charge in [0.05, 0.1) is 11.4 Å². The minimum Gasteiger partial charge on any atom is -0.361 e. The van der Waals surface area contributed by atoms with Crippen molar-refractivity contribution in [3.05, 3.63) is 77.0 Å². The summed E-state index contributed by atoms with van der Waals surface area (Å²) in [5, 5.41) is 9.94. The summed E-state index contributed by atoms with van der Waals surface area (Å²) in [7, 11) is 0. The van der Waals surface area contributed by atoms with Gasteiger partial charge in [0, 0.05) is 34.2 Å². The lowest BCUT2D eigenvalue weighted by Gasteiger charge is -2.07. The molecule has 0 saturated carbocycles. The summed E-state index contributed by atoms with van der Waals surface area (Å²) >= 11 is 1.61. The summed E-state index contributed by atoms with van der Waals surface area (Å²) in [4.78, 5) is 17.1. The fourth-order valence-electron chi connectivity index (χ4n) is 3.20. The second-order valence-electron chi connectivity index (χ2n) is 6.84. The quantitative estimate of drug-likeness (QED) is 0.451. The van der Waals surface area contributed by atoms with Gasteiger partial charge in [-0.25, -0.2) is 4.98 Å². The van der Waals surface area contributed by atoms with Crippen LogP contribution in [0.3, 0.4) is 0 Å². The number of hydrogen-bond donors (Lipinski definition) is 1. The van der Waals surface area contributed by atoms with Gasteiger partial charge in [-0.3, -0.25) is 4.79 Å². The molecule has 146 valence electrons. The van der Waals surface area contributed by atoms with Crippen molar-refractivity contribution >= 4 is 22.9 Å². The first-order chi connectivity index (χ1) is 14.1. The van der Waals surface area contributed by atoms with Crippen molar-refractivity contribution < 1.29 is 9.32 Å². The topological polar surface area (TPSA) is 68.0 Å². The Balaban J connectivity index is 1.44. The van der Waals surface area contributed by atoms with Crippen LogP contribution in [0.1, 0.15) is 23.4 Å². The summed E-state index contributed by atoms with van der Waals surface area (Å²) in [6.07, 6.45) is 0.987. The summed E-state index contributed by atoms with van der Waals surface area (Å²) < 4.78 is 5.16. The number of carbonyl (C=O) groups excluding carboxylic acids is 1. The molecule has 0 bridgehead atoms. The summed E-state index contributed by atoms with van der Waals surface area (Å²) in [5.41, 5.74) is 5.60. The molecule has 2 heterocycles. The Labute approximate surface area is 173 Å². The van der Waals surface area contributed by atoms with Crippen LogP contribution in [0, 0.1) is 13.8 Å². The van der Waals surface area contributed by atoms with Gasteiger partial charge in [-0.2, -0.15) is 0 Å². The zero-order valence-electron chi connectivity index (χ0n) is 16.3. The predicted octanol–water partition coefficient (Wildman–Crippen LogP) is 5.65. The van der Waals surface area contributed by atoms with Gasteiger partial charge in [-0.15, -0.1) is 11.3 Å². The molecule has 0 unspecified atom stereocenters. The van der Waals surface area contributed by atoms with Crippen molar-refractivity contribution in [2.75, 3.05) is 5.32 Å². The molecule has 1 amide bonds. The number of nitrogens with one attached hydrogen (secondary N) is 1. The van der Waals surface area contributed by atoms with Crippen molar-refractivity contribution in [2.24, 2.45) is 0 Å². The van der Waals surface area contributed by atoms with Crippen LogP contribution in [0.4, 0.5) is 5.69 Å². The van der Waals surface area contributed by atoms with Gasteiger partial charge in [-0.05, 0) is 32.4 Å². The molecule has 1 N–H and O–H groups in total. The maximum atomic E-state index is 12.4. The molecular formula is C23H21N3O2S. The van der Waals surface area contributed by atoms with Crippen molar-refractivity contribution in [2.45, 2.75) is 26.7 Å². The average Bonchev–Trinajstić information content (AvgIpc) is 3.35. The van der Waals surface area contributed by atoms with E-state index in [9.17, 15) is 4.79 Å². The Morgan fingerprint density at radius 1 is 1.07 bits per heavy atom. The third-order valence-electron chi connectivity index (χ3n) is 4.75. The molecule has 0 aliphatic carbocycles. The first-order valence-corrected chi connectivity index (χ1v) is 10.3. The third-order valence-corrected chi connectivity index (χ3v) is 5.64. The highest BCUT2D eigenvalue weighted by atomic mass is 32.1. The number of aromatic nitrogens is 2. The van der Waals surface area contributed by atoms with Gasteiger partial charge in [0.25, 0.3) is 0 Å². The fourth-order valence-corrected chi connectivity index (χ4v) is 4.03. The number of thiazole rings is 1. The van der Waals surface area contributed by atoms with E-state index in [1.807, 2.05) is 61.7 Å². The normalized spacial score (nSPS) is 10.8. The number of anilines is 1. The van der Waals surface area contributed by atoms with E-state index in [1.54, 1.807) is 11.3 Å². The van der Waals surface area contributed by atoms with E-state index in [1.165, 1.54) is 0 Å². The van der Waals surface area contributed by atoms with Gasteiger partial charge in [0.1, 0.15) is 10.8 Å². The number of aryl methyl sites for hydroxylation is 2. The second kappa shape index (κ2) is 8.41.